The lowest BCUT2D eigenvalue weighted by Crippen LogP contribution is -2.38. The molecule has 0 spiro atoms. The third-order valence-corrected chi connectivity index (χ3v) is 2.42. The molecule has 0 heterocycles. The van der Waals surface area contributed by atoms with Crippen LogP contribution in [0.1, 0.15) is 33.6 Å². The van der Waals surface area contributed by atoms with Crippen LogP contribution >= 0.6 is 0 Å². The van der Waals surface area contributed by atoms with Crippen LogP contribution in [0.2, 0.25) is 0 Å². The van der Waals surface area contributed by atoms with Crippen LogP contribution < -0.4 is 5.46 Å². The molecule has 1 rings (SSSR count). The maximum Gasteiger partial charge on any atom is 0.493 e. The van der Waals surface area contributed by atoms with Crippen LogP contribution in [0.5, 0.6) is 0 Å². The van der Waals surface area contributed by atoms with Crippen molar-refractivity contribution in [3.63, 3.8) is 0 Å². The van der Waals surface area contributed by atoms with Gasteiger partial charge in [0.05, 0.1) is 0 Å². The van der Waals surface area contributed by atoms with Crippen LogP contribution in [0.25, 0.3) is 0 Å². The highest BCUT2D eigenvalue weighted by Gasteiger charge is 2.20. The quantitative estimate of drug-likeness (QED) is 0.508. The maximum atomic E-state index is 5.81. The smallest absolute Gasteiger partial charge is 0.407 e. The Labute approximate surface area is 105 Å². The summed E-state index contributed by atoms with van der Waals surface area (Å²) in [5, 5.41) is 0. The Hall–Kier alpha value is -0.795. The van der Waals surface area contributed by atoms with Gasteiger partial charge < -0.3 is 9.31 Å². The summed E-state index contributed by atoms with van der Waals surface area (Å²) in [6.45, 7) is 7.94. The Balaban J connectivity index is 2.52. The van der Waals surface area contributed by atoms with Crippen molar-refractivity contribution >= 4 is 12.6 Å². The molecule has 0 aliphatic heterocycles. The molecule has 3 heteroatoms. The zero-order valence-electron chi connectivity index (χ0n) is 11.2. The molecule has 0 unspecified atom stereocenters. The van der Waals surface area contributed by atoms with Crippen molar-refractivity contribution in [2.75, 3.05) is 13.2 Å². The minimum Gasteiger partial charge on any atom is -0.407 e. The van der Waals surface area contributed by atoms with E-state index in [2.05, 4.69) is 32.9 Å². The van der Waals surface area contributed by atoms with Crippen molar-refractivity contribution in [2.45, 2.75) is 33.6 Å². The second-order valence-electron chi connectivity index (χ2n) is 4.69. The number of hydrogen-bond donors (Lipinski definition) is 0. The van der Waals surface area contributed by atoms with E-state index in [4.69, 9.17) is 9.31 Å². The van der Waals surface area contributed by atoms with Gasteiger partial charge in [0.25, 0.3) is 0 Å². The summed E-state index contributed by atoms with van der Waals surface area (Å²) >= 11 is 0. The first-order chi connectivity index (χ1) is 8.24. The molecule has 0 bridgehead atoms. The molecule has 0 radical (unpaired) electrons. The molecule has 0 atom stereocenters. The Morgan fingerprint density at radius 2 is 1.82 bits per heavy atom. The van der Waals surface area contributed by atoms with Crippen LogP contribution in [0.15, 0.2) is 30.3 Å². The van der Waals surface area contributed by atoms with E-state index in [0.29, 0.717) is 5.92 Å². The molecule has 0 aliphatic carbocycles. The summed E-state index contributed by atoms with van der Waals surface area (Å²) in [6, 6.07) is 10.2. The highest BCUT2D eigenvalue weighted by Crippen LogP contribution is 2.00. The van der Waals surface area contributed by atoms with Crippen molar-refractivity contribution in [3.05, 3.63) is 30.3 Å². The fraction of sp³-hybridized carbons (Fsp3) is 0.571. The molecular weight excluding hydrogens is 211 g/mol. The summed E-state index contributed by atoms with van der Waals surface area (Å²) in [5.74, 6) is 0.524. The summed E-state index contributed by atoms with van der Waals surface area (Å²) in [7, 11) is -0.217. The molecule has 94 valence electrons. The van der Waals surface area contributed by atoms with Crippen LogP contribution in [-0.2, 0) is 9.31 Å². The molecule has 17 heavy (non-hydrogen) atoms. The lowest BCUT2D eigenvalue weighted by molar-refractivity contribution is 0.186. The minimum absolute atomic E-state index is 0.217. The molecule has 0 aromatic heterocycles. The largest absolute Gasteiger partial charge is 0.493 e. The Morgan fingerprint density at radius 1 is 1.12 bits per heavy atom. The first-order valence-electron chi connectivity index (χ1n) is 6.52. The van der Waals surface area contributed by atoms with Crippen LogP contribution in [0, 0.1) is 5.92 Å². The van der Waals surface area contributed by atoms with Gasteiger partial charge in [-0.1, -0.05) is 57.5 Å². The topological polar surface area (TPSA) is 18.5 Å². The summed E-state index contributed by atoms with van der Waals surface area (Å²) in [4.78, 5) is 0. The van der Waals surface area contributed by atoms with E-state index in [1.54, 1.807) is 0 Å². The molecular formula is C14H23BO2. The van der Waals surface area contributed by atoms with Gasteiger partial charge in [-0.2, -0.15) is 0 Å². The molecule has 0 aliphatic rings. The molecule has 1 aromatic rings. The monoisotopic (exact) mass is 234 g/mol. The van der Waals surface area contributed by atoms with Crippen molar-refractivity contribution < 1.29 is 9.31 Å². The number of benzene rings is 1. The van der Waals surface area contributed by atoms with Crippen LogP contribution in [0.3, 0.4) is 0 Å². The van der Waals surface area contributed by atoms with Gasteiger partial charge in [0.2, 0.25) is 0 Å². The molecule has 2 nitrogen and oxygen atoms in total. The minimum atomic E-state index is -0.217. The fourth-order valence-corrected chi connectivity index (χ4v) is 1.47. The van der Waals surface area contributed by atoms with Gasteiger partial charge in [0.15, 0.2) is 0 Å². The van der Waals surface area contributed by atoms with Gasteiger partial charge in [-0.05, 0) is 17.8 Å². The fourth-order valence-electron chi connectivity index (χ4n) is 1.47. The maximum absolute atomic E-state index is 5.81. The van der Waals surface area contributed by atoms with Gasteiger partial charge in [0.1, 0.15) is 0 Å². The SMILES string of the molecule is CCCCOB(OCC(C)C)c1ccccc1. The average molecular weight is 234 g/mol. The highest BCUT2D eigenvalue weighted by molar-refractivity contribution is 6.61. The molecule has 0 N–H and O–H groups in total. The molecule has 1 aromatic carbocycles. The van der Waals surface area contributed by atoms with E-state index < -0.39 is 0 Å². The third-order valence-electron chi connectivity index (χ3n) is 2.42. The predicted molar refractivity (Wildman–Crippen MR) is 73.5 cm³/mol. The Kier molecular flexibility index (Phi) is 6.98. The van der Waals surface area contributed by atoms with Crippen molar-refractivity contribution in [3.8, 4) is 0 Å². The number of unbranched alkanes of at least 4 members (excludes halogenated alkanes) is 1. The second kappa shape index (κ2) is 8.32. The Morgan fingerprint density at radius 3 is 2.41 bits per heavy atom. The normalized spacial score (nSPS) is 10.8. The zero-order chi connectivity index (χ0) is 12.5. The average Bonchev–Trinajstić information content (AvgIpc) is 2.34. The first-order valence-corrected chi connectivity index (χ1v) is 6.52. The van der Waals surface area contributed by atoms with E-state index >= 15 is 0 Å². The Bertz CT molecular complexity index is 288. The summed E-state index contributed by atoms with van der Waals surface area (Å²) in [5.41, 5.74) is 1.10. The van der Waals surface area contributed by atoms with Gasteiger partial charge in [-0.25, -0.2) is 0 Å². The lowest BCUT2D eigenvalue weighted by atomic mass is 9.78. The summed E-state index contributed by atoms with van der Waals surface area (Å²) < 4.78 is 11.6. The van der Waals surface area contributed by atoms with Gasteiger partial charge in [0, 0.05) is 13.2 Å². The van der Waals surface area contributed by atoms with Gasteiger partial charge in [-0.3, -0.25) is 0 Å². The zero-order valence-corrected chi connectivity index (χ0v) is 11.2. The summed E-state index contributed by atoms with van der Waals surface area (Å²) in [6.07, 6.45) is 2.22. The van der Waals surface area contributed by atoms with Crippen molar-refractivity contribution in [1.29, 1.82) is 0 Å². The molecule has 0 saturated carbocycles. The van der Waals surface area contributed by atoms with Crippen molar-refractivity contribution in [2.24, 2.45) is 5.92 Å². The second-order valence-corrected chi connectivity index (χ2v) is 4.69. The van der Waals surface area contributed by atoms with E-state index in [-0.39, 0.29) is 7.12 Å². The van der Waals surface area contributed by atoms with E-state index in [1.165, 1.54) is 0 Å². The van der Waals surface area contributed by atoms with Crippen LogP contribution in [0.4, 0.5) is 0 Å². The lowest BCUT2D eigenvalue weighted by Gasteiger charge is -2.16. The van der Waals surface area contributed by atoms with E-state index in [9.17, 15) is 0 Å². The van der Waals surface area contributed by atoms with Crippen molar-refractivity contribution in [1.82, 2.24) is 0 Å². The van der Waals surface area contributed by atoms with Gasteiger partial charge in [-0.15, -0.1) is 0 Å². The van der Waals surface area contributed by atoms with Gasteiger partial charge >= 0.3 is 7.12 Å². The molecule has 0 saturated heterocycles. The molecule has 0 fully saturated rings. The van der Waals surface area contributed by atoms with E-state index in [0.717, 1.165) is 31.5 Å². The number of hydrogen-bond acceptors (Lipinski definition) is 2. The van der Waals surface area contributed by atoms with Crippen LogP contribution in [-0.4, -0.2) is 20.3 Å². The number of rotatable bonds is 8. The standard InChI is InChI=1S/C14H23BO2/c1-4-5-11-16-15(17-12-13(2)3)14-9-7-6-8-10-14/h6-10,13H,4-5,11-12H2,1-3H3. The first kappa shape index (κ1) is 14.3. The predicted octanol–water partition coefficient (Wildman–Crippen LogP) is 2.87. The highest BCUT2D eigenvalue weighted by atomic mass is 16.6. The van der Waals surface area contributed by atoms with E-state index in [1.807, 2.05) is 18.2 Å². The third kappa shape index (κ3) is 5.90. The molecule has 0 amide bonds.